The Labute approximate surface area is 266 Å². The molecular weight excluding hydrogens is 580 g/mol. The van der Waals surface area contributed by atoms with Gasteiger partial charge in [-0.25, -0.2) is 14.4 Å². The molecule has 0 aliphatic heterocycles. The minimum atomic E-state index is -0.935. The molecule has 0 heterocycles. The summed E-state index contributed by atoms with van der Waals surface area (Å²) in [6.07, 6.45) is 0. The fourth-order valence-corrected chi connectivity index (χ4v) is 3.89. The first-order valence-electron chi connectivity index (χ1n) is 14.6. The van der Waals surface area contributed by atoms with Gasteiger partial charge in [-0.15, -0.1) is 0 Å². The van der Waals surface area contributed by atoms with Crippen LogP contribution >= 0.6 is 0 Å². The molecule has 0 radical (unpaired) electrons. The lowest BCUT2D eigenvalue weighted by molar-refractivity contribution is -0.133. The van der Waals surface area contributed by atoms with Crippen molar-refractivity contribution in [1.29, 1.82) is 0 Å². The summed E-state index contributed by atoms with van der Waals surface area (Å²) in [5.41, 5.74) is 1.49. The van der Waals surface area contributed by atoms with Crippen LogP contribution in [0.2, 0.25) is 0 Å². The third kappa shape index (κ3) is 10.2. The Bertz CT molecular complexity index is 1310. The van der Waals surface area contributed by atoms with Crippen LogP contribution in [0.5, 0.6) is 34.5 Å². The van der Waals surface area contributed by atoms with Gasteiger partial charge in [-0.05, 0) is 60.6 Å². The molecule has 0 amide bonds. The molecule has 0 saturated carbocycles. The van der Waals surface area contributed by atoms with Crippen LogP contribution in [-0.2, 0) is 19.8 Å². The van der Waals surface area contributed by atoms with Gasteiger partial charge in [-0.1, -0.05) is 45.7 Å². The summed E-state index contributed by atoms with van der Waals surface area (Å²) in [4.78, 5) is 34.2. The zero-order valence-electron chi connectivity index (χ0n) is 27.9. The monoisotopic (exact) mass is 626 g/mol. The lowest BCUT2D eigenvalue weighted by Crippen LogP contribution is -2.23. The molecule has 2 aromatic rings. The predicted octanol–water partition coefficient (Wildman–Crippen LogP) is 7.22. The number of benzene rings is 2. The van der Waals surface area contributed by atoms with Crippen LogP contribution in [0.25, 0.3) is 0 Å². The lowest BCUT2D eigenvalue weighted by Gasteiger charge is -2.32. The van der Waals surface area contributed by atoms with Crippen molar-refractivity contribution in [3.8, 4) is 34.5 Å². The molecular formula is C35H46O10. The summed E-state index contributed by atoms with van der Waals surface area (Å²) in [5, 5.41) is 7.89. The number of ether oxygens (including phenoxy) is 6. The second-order valence-electron chi connectivity index (χ2n) is 10.3. The highest BCUT2D eigenvalue weighted by Crippen LogP contribution is 2.52. The standard InChI is InChI=1S/C31H40O8.C4H6O2/c1-11-34-25-21(15-17-23(27(25)36-13-3)38-29(32)19(5)6)31(9,10)22-16-18-24(39-30(33)20(7)8)28(37-14-4)26(22)35-12-2;1-3(2)4(5)6/h15-18H,5,7,11-14H2,1-4,6,8-10H3;1H2,2H3,(H,5,6). The highest BCUT2D eigenvalue weighted by Gasteiger charge is 2.35. The van der Waals surface area contributed by atoms with E-state index < -0.39 is 23.3 Å². The minimum absolute atomic E-state index is 0.176. The average molecular weight is 627 g/mol. The van der Waals surface area contributed by atoms with Crippen molar-refractivity contribution in [2.24, 2.45) is 0 Å². The maximum absolute atomic E-state index is 12.3. The fourth-order valence-electron chi connectivity index (χ4n) is 3.89. The van der Waals surface area contributed by atoms with Gasteiger partial charge < -0.3 is 33.5 Å². The molecule has 2 rings (SSSR count). The van der Waals surface area contributed by atoms with E-state index in [1.54, 1.807) is 26.0 Å². The van der Waals surface area contributed by atoms with Gasteiger partial charge in [0.15, 0.2) is 23.0 Å². The van der Waals surface area contributed by atoms with Crippen molar-refractivity contribution in [2.45, 2.75) is 67.7 Å². The Balaban J connectivity index is 0.00000153. The van der Waals surface area contributed by atoms with E-state index in [1.165, 1.54) is 6.92 Å². The van der Waals surface area contributed by atoms with E-state index >= 15 is 0 Å². The zero-order valence-corrected chi connectivity index (χ0v) is 27.9. The van der Waals surface area contributed by atoms with Gasteiger partial charge in [0.25, 0.3) is 0 Å². The van der Waals surface area contributed by atoms with Crippen LogP contribution in [0.15, 0.2) is 60.7 Å². The van der Waals surface area contributed by atoms with Crippen molar-refractivity contribution >= 4 is 17.9 Å². The van der Waals surface area contributed by atoms with Crippen molar-refractivity contribution in [1.82, 2.24) is 0 Å². The second kappa shape index (κ2) is 17.5. The van der Waals surface area contributed by atoms with Gasteiger partial charge in [0.05, 0.1) is 26.4 Å². The first-order valence-corrected chi connectivity index (χ1v) is 14.6. The van der Waals surface area contributed by atoms with Gasteiger partial charge >= 0.3 is 17.9 Å². The second-order valence-corrected chi connectivity index (χ2v) is 10.3. The van der Waals surface area contributed by atoms with Gasteiger partial charge in [0.2, 0.25) is 11.5 Å². The van der Waals surface area contributed by atoms with E-state index in [-0.39, 0.29) is 28.2 Å². The molecule has 0 aliphatic carbocycles. The molecule has 10 heteroatoms. The summed E-state index contributed by atoms with van der Waals surface area (Å²) in [7, 11) is 0. The number of rotatable bonds is 15. The highest BCUT2D eigenvalue weighted by atomic mass is 16.6. The third-order valence-electron chi connectivity index (χ3n) is 6.12. The van der Waals surface area contributed by atoms with E-state index in [2.05, 4.69) is 19.7 Å². The van der Waals surface area contributed by atoms with E-state index in [1.807, 2.05) is 53.7 Å². The van der Waals surface area contributed by atoms with Crippen molar-refractivity contribution in [3.63, 3.8) is 0 Å². The predicted molar refractivity (Wildman–Crippen MR) is 173 cm³/mol. The largest absolute Gasteiger partial charge is 0.490 e. The van der Waals surface area contributed by atoms with Crippen LogP contribution in [0.3, 0.4) is 0 Å². The van der Waals surface area contributed by atoms with E-state index in [0.717, 1.165) is 11.1 Å². The van der Waals surface area contributed by atoms with Crippen molar-refractivity contribution in [2.75, 3.05) is 26.4 Å². The number of aliphatic carboxylic acids is 1. The first kappa shape index (κ1) is 38.3. The first-order chi connectivity index (χ1) is 21.1. The molecule has 2 aromatic carbocycles. The quantitative estimate of drug-likeness (QED) is 0.123. The molecule has 0 atom stereocenters. The molecule has 0 unspecified atom stereocenters. The van der Waals surface area contributed by atoms with E-state index in [4.69, 9.17) is 33.5 Å². The highest BCUT2D eigenvalue weighted by molar-refractivity contribution is 5.90. The van der Waals surface area contributed by atoms with Crippen LogP contribution in [0.4, 0.5) is 0 Å². The number of hydrogen-bond donors (Lipinski definition) is 1. The Morgan fingerprint density at radius 3 is 1.13 bits per heavy atom. The maximum Gasteiger partial charge on any atom is 0.338 e. The molecule has 1 N–H and O–H groups in total. The van der Waals surface area contributed by atoms with Crippen LogP contribution < -0.4 is 28.4 Å². The lowest BCUT2D eigenvalue weighted by atomic mass is 9.76. The third-order valence-corrected chi connectivity index (χ3v) is 6.12. The number of carboxylic acids is 1. The summed E-state index contributed by atoms with van der Waals surface area (Å²) in [6.45, 7) is 27.8. The maximum atomic E-state index is 12.3. The number of carbonyl (C=O) groups excluding carboxylic acids is 2. The topological polar surface area (TPSA) is 127 Å². The zero-order chi connectivity index (χ0) is 34.5. The van der Waals surface area contributed by atoms with E-state index in [9.17, 15) is 14.4 Å². The van der Waals surface area contributed by atoms with E-state index in [0.29, 0.717) is 49.4 Å². The molecule has 0 aromatic heterocycles. The molecule has 0 fully saturated rings. The summed E-state index contributed by atoms with van der Waals surface area (Å²) in [6, 6.07) is 7.02. The van der Waals surface area contributed by atoms with Crippen LogP contribution in [0.1, 0.15) is 73.4 Å². The molecule has 0 spiro atoms. The number of esters is 2. The SMILES string of the molecule is C=C(C)C(=O)O.C=C(C)C(=O)Oc1ccc(C(C)(C)c2ccc(OC(=O)C(=C)C)c(OCC)c2OCC)c(OCC)c1OCC. The molecule has 0 aliphatic rings. The Hall–Kier alpha value is -4.73. The summed E-state index contributed by atoms with van der Waals surface area (Å²) < 4.78 is 35.2. The van der Waals surface area contributed by atoms with Gasteiger partial charge in [0.1, 0.15) is 0 Å². The molecule has 0 bridgehead atoms. The smallest absolute Gasteiger partial charge is 0.338 e. The Morgan fingerprint density at radius 2 is 0.889 bits per heavy atom. The molecule has 10 nitrogen and oxygen atoms in total. The Kier molecular flexibility index (Phi) is 14.9. The normalized spacial score (nSPS) is 10.4. The number of carbonyl (C=O) groups is 3. The average Bonchev–Trinajstić information content (AvgIpc) is 2.96. The van der Waals surface area contributed by atoms with Crippen LogP contribution in [0, 0.1) is 0 Å². The number of carboxylic acid groups (broad SMARTS) is 1. The molecule has 45 heavy (non-hydrogen) atoms. The molecule has 0 saturated heterocycles. The Morgan fingerprint density at radius 1 is 0.600 bits per heavy atom. The minimum Gasteiger partial charge on any atom is -0.490 e. The van der Waals surface area contributed by atoms with Gasteiger partial charge in [0, 0.05) is 33.3 Å². The summed E-state index contributed by atoms with van der Waals surface area (Å²) >= 11 is 0. The van der Waals surface area contributed by atoms with Gasteiger partial charge in [-0.3, -0.25) is 0 Å². The van der Waals surface area contributed by atoms with Crippen LogP contribution in [-0.4, -0.2) is 49.4 Å². The fraction of sp³-hybridized carbons (Fsp3) is 0.400. The van der Waals surface area contributed by atoms with Gasteiger partial charge in [-0.2, -0.15) is 0 Å². The van der Waals surface area contributed by atoms with Crippen molar-refractivity contribution < 1.29 is 47.9 Å². The van der Waals surface area contributed by atoms with Crippen molar-refractivity contribution in [3.05, 3.63) is 71.8 Å². The molecule has 246 valence electrons. The number of hydrogen-bond acceptors (Lipinski definition) is 9. The summed E-state index contributed by atoms with van der Waals surface area (Å²) in [5.74, 6) is -0.0938.